The van der Waals surface area contributed by atoms with Crippen LogP contribution in [0.5, 0.6) is 11.5 Å². The second kappa shape index (κ2) is 8.60. The minimum absolute atomic E-state index is 0.445. The lowest BCUT2D eigenvalue weighted by Gasteiger charge is -2.12. The summed E-state index contributed by atoms with van der Waals surface area (Å²) in [6, 6.07) is 17.5. The zero-order valence-corrected chi connectivity index (χ0v) is 14.8. The van der Waals surface area contributed by atoms with Crippen LogP contribution in [0.2, 0.25) is 5.02 Å². The molecule has 1 heterocycles. The molecule has 0 fully saturated rings. The van der Waals surface area contributed by atoms with E-state index in [-0.39, 0.29) is 0 Å². The van der Waals surface area contributed by atoms with E-state index < -0.39 is 0 Å². The van der Waals surface area contributed by atoms with Gasteiger partial charge in [-0.15, -0.1) is 0 Å². The molecule has 1 aromatic heterocycles. The van der Waals surface area contributed by atoms with Gasteiger partial charge in [-0.25, -0.2) is 0 Å². The second-order valence-corrected chi connectivity index (χ2v) is 6.12. The molecule has 130 valence electrons. The molecule has 0 aliphatic carbocycles. The summed E-state index contributed by atoms with van der Waals surface area (Å²) < 4.78 is 16.7. The Morgan fingerprint density at radius 2 is 1.88 bits per heavy atom. The number of benzene rings is 2. The highest BCUT2D eigenvalue weighted by Gasteiger charge is 2.08. The van der Waals surface area contributed by atoms with Gasteiger partial charge in [0, 0.05) is 10.6 Å². The number of furan rings is 1. The summed E-state index contributed by atoms with van der Waals surface area (Å²) in [4.78, 5) is 0. The van der Waals surface area contributed by atoms with Crippen molar-refractivity contribution < 1.29 is 19.2 Å². The summed E-state index contributed by atoms with van der Waals surface area (Å²) in [5.74, 6) is 2.41. The molecular weight excluding hydrogens is 338 g/mol. The maximum atomic E-state index is 6.00. The maximum Gasteiger partial charge on any atom is 0.161 e. The van der Waals surface area contributed by atoms with Gasteiger partial charge in [0.05, 0.1) is 13.4 Å². The predicted molar refractivity (Wildman–Crippen MR) is 96.8 cm³/mol. The van der Waals surface area contributed by atoms with Gasteiger partial charge >= 0.3 is 0 Å². The quantitative estimate of drug-likeness (QED) is 0.666. The maximum absolute atomic E-state index is 6.00. The lowest BCUT2D eigenvalue weighted by atomic mass is 10.2. The van der Waals surface area contributed by atoms with Gasteiger partial charge in [-0.05, 0) is 48.0 Å². The molecule has 0 bridgehead atoms. The van der Waals surface area contributed by atoms with E-state index in [4.69, 9.17) is 25.5 Å². The summed E-state index contributed by atoms with van der Waals surface area (Å²) in [7, 11) is 1.65. The van der Waals surface area contributed by atoms with Crippen LogP contribution in [0.3, 0.4) is 0 Å². The van der Waals surface area contributed by atoms with Crippen LogP contribution in [-0.4, -0.2) is 7.11 Å². The monoisotopic (exact) mass is 358 g/mol. The van der Waals surface area contributed by atoms with Crippen LogP contribution in [0.15, 0.2) is 65.3 Å². The zero-order chi connectivity index (χ0) is 17.5. The first-order valence-electron chi connectivity index (χ1n) is 8.13. The molecule has 2 N–H and O–H groups in total. The Morgan fingerprint density at radius 1 is 0.960 bits per heavy atom. The van der Waals surface area contributed by atoms with Crippen molar-refractivity contribution in [3.63, 3.8) is 0 Å². The summed E-state index contributed by atoms with van der Waals surface area (Å²) >= 11 is 6.00. The number of rotatable bonds is 8. The van der Waals surface area contributed by atoms with Crippen molar-refractivity contribution in [1.82, 2.24) is 0 Å². The Morgan fingerprint density at radius 3 is 2.64 bits per heavy atom. The van der Waals surface area contributed by atoms with Crippen molar-refractivity contribution >= 4 is 11.6 Å². The summed E-state index contributed by atoms with van der Waals surface area (Å²) in [6.45, 7) is 2.09. The zero-order valence-electron chi connectivity index (χ0n) is 14.1. The third-order valence-corrected chi connectivity index (χ3v) is 4.05. The minimum Gasteiger partial charge on any atom is -0.493 e. The lowest BCUT2D eigenvalue weighted by Crippen LogP contribution is -2.80. The molecular formula is C20H21ClNO3+. The topological polar surface area (TPSA) is 48.2 Å². The average molecular weight is 359 g/mol. The molecule has 4 nitrogen and oxygen atoms in total. The van der Waals surface area contributed by atoms with Gasteiger partial charge in [0.1, 0.15) is 19.7 Å². The molecule has 25 heavy (non-hydrogen) atoms. The summed E-state index contributed by atoms with van der Waals surface area (Å²) in [6.07, 6.45) is 1.69. The summed E-state index contributed by atoms with van der Waals surface area (Å²) in [5.41, 5.74) is 2.18. The molecule has 0 atom stereocenters. The van der Waals surface area contributed by atoms with E-state index in [9.17, 15) is 0 Å². The highest BCUT2D eigenvalue weighted by atomic mass is 35.5. The first-order chi connectivity index (χ1) is 12.2. The van der Waals surface area contributed by atoms with Crippen molar-refractivity contribution in [2.24, 2.45) is 0 Å². The number of hydrogen-bond donors (Lipinski definition) is 1. The first-order valence-corrected chi connectivity index (χ1v) is 8.50. The van der Waals surface area contributed by atoms with E-state index in [1.54, 1.807) is 13.4 Å². The van der Waals surface area contributed by atoms with Gasteiger partial charge in [-0.3, -0.25) is 0 Å². The van der Waals surface area contributed by atoms with Gasteiger partial charge in [0.2, 0.25) is 0 Å². The van der Waals surface area contributed by atoms with Gasteiger partial charge in [-0.1, -0.05) is 23.7 Å². The Labute approximate surface area is 152 Å². The second-order valence-electron chi connectivity index (χ2n) is 5.68. The average Bonchev–Trinajstić information content (AvgIpc) is 3.14. The smallest absolute Gasteiger partial charge is 0.161 e. The van der Waals surface area contributed by atoms with Crippen molar-refractivity contribution in [1.29, 1.82) is 0 Å². The SMILES string of the molecule is COc1cc(C[NH2+]Cc2ccco2)ccc1OCc1cccc(Cl)c1. The highest BCUT2D eigenvalue weighted by molar-refractivity contribution is 6.30. The number of methoxy groups -OCH3 is 1. The largest absolute Gasteiger partial charge is 0.493 e. The molecule has 0 saturated heterocycles. The van der Waals surface area contributed by atoms with Gasteiger partial charge in [0.15, 0.2) is 17.3 Å². The first kappa shape index (κ1) is 17.4. The minimum atomic E-state index is 0.445. The van der Waals surface area contributed by atoms with Crippen molar-refractivity contribution in [3.8, 4) is 11.5 Å². The molecule has 0 unspecified atom stereocenters. The molecule has 0 spiro atoms. The number of nitrogens with two attached hydrogens (primary N) is 1. The molecule has 0 amide bonds. The fourth-order valence-corrected chi connectivity index (χ4v) is 2.77. The van der Waals surface area contributed by atoms with E-state index in [1.807, 2.05) is 48.5 Å². The molecule has 0 radical (unpaired) electrons. The van der Waals surface area contributed by atoms with E-state index in [0.717, 1.165) is 35.9 Å². The third-order valence-electron chi connectivity index (χ3n) is 3.82. The standard InChI is InChI=1S/C20H20ClNO3/c1-23-20-11-15(12-22-13-18-6-3-9-24-18)7-8-19(20)25-14-16-4-2-5-17(21)10-16/h2-11,22H,12-14H2,1H3/p+1. The van der Waals surface area contributed by atoms with E-state index in [1.165, 1.54) is 5.56 Å². The molecule has 0 aliphatic heterocycles. The summed E-state index contributed by atoms with van der Waals surface area (Å²) in [5, 5.41) is 2.88. The number of hydrogen-bond acceptors (Lipinski definition) is 3. The van der Waals surface area contributed by atoms with Crippen molar-refractivity contribution in [2.45, 2.75) is 19.7 Å². The molecule has 0 saturated carbocycles. The number of halogens is 1. The van der Waals surface area contributed by atoms with Crippen LogP contribution < -0.4 is 14.8 Å². The molecule has 3 aromatic rings. The fraction of sp³-hybridized carbons (Fsp3) is 0.200. The Hall–Kier alpha value is -2.43. The lowest BCUT2D eigenvalue weighted by molar-refractivity contribution is -0.688. The van der Waals surface area contributed by atoms with Crippen molar-refractivity contribution in [2.75, 3.05) is 7.11 Å². The van der Waals surface area contributed by atoms with Gasteiger partial charge in [-0.2, -0.15) is 0 Å². The highest BCUT2D eigenvalue weighted by Crippen LogP contribution is 2.28. The molecule has 5 heteroatoms. The van der Waals surface area contributed by atoms with E-state index in [0.29, 0.717) is 11.6 Å². The Balaban J connectivity index is 1.59. The van der Waals surface area contributed by atoms with Gasteiger partial charge < -0.3 is 19.2 Å². The normalized spacial score (nSPS) is 10.6. The predicted octanol–water partition coefficient (Wildman–Crippen LogP) is 3.78. The molecule has 3 rings (SSSR count). The van der Waals surface area contributed by atoms with Crippen LogP contribution in [0.25, 0.3) is 0 Å². The van der Waals surface area contributed by atoms with Crippen LogP contribution in [-0.2, 0) is 19.7 Å². The molecule has 2 aromatic carbocycles. The van der Waals surface area contributed by atoms with Crippen molar-refractivity contribution in [3.05, 3.63) is 82.8 Å². The van der Waals surface area contributed by atoms with E-state index in [2.05, 4.69) is 11.4 Å². The van der Waals surface area contributed by atoms with E-state index >= 15 is 0 Å². The van der Waals surface area contributed by atoms with Crippen LogP contribution in [0.1, 0.15) is 16.9 Å². The number of ether oxygens (including phenoxy) is 2. The fourth-order valence-electron chi connectivity index (χ4n) is 2.56. The number of quaternary nitrogens is 1. The van der Waals surface area contributed by atoms with Gasteiger partial charge in [0.25, 0.3) is 0 Å². The molecule has 0 aliphatic rings. The Kier molecular flexibility index (Phi) is 5.99. The third kappa shape index (κ3) is 5.02. The Bertz CT molecular complexity index is 802. The van der Waals surface area contributed by atoms with Crippen LogP contribution in [0, 0.1) is 0 Å². The van der Waals surface area contributed by atoms with Crippen LogP contribution in [0.4, 0.5) is 0 Å². The van der Waals surface area contributed by atoms with Crippen LogP contribution >= 0.6 is 11.6 Å².